The van der Waals surface area contributed by atoms with Crippen molar-refractivity contribution in [3.63, 3.8) is 0 Å². The van der Waals surface area contributed by atoms with Gasteiger partial charge in [0.1, 0.15) is 5.75 Å². The molecule has 2 heteroatoms. The van der Waals surface area contributed by atoms with Crippen molar-refractivity contribution in [2.24, 2.45) is 0 Å². The van der Waals surface area contributed by atoms with Gasteiger partial charge >= 0.3 is 0 Å². The number of H-pyrrole nitrogens is 1. The fraction of sp³-hybridized carbons (Fsp3) is 0.188. The monoisotopic (exact) mass is 443 g/mol. The summed E-state index contributed by atoms with van der Waals surface area (Å²) in [5.41, 5.74) is 8.65. The van der Waals surface area contributed by atoms with Gasteiger partial charge in [0.15, 0.2) is 0 Å². The summed E-state index contributed by atoms with van der Waals surface area (Å²) in [6.07, 6.45) is 0. The Morgan fingerprint density at radius 2 is 1.59 bits per heavy atom. The van der Waals surface area contributed by atoms with Crippen LogP contribution in [0.4, 0.5) is 0 Å². The van der Waals surface area contributed by atoms with Crippen LogP contribution in [0.3, 0.4) is 0 Å². The van der Waals surface area contributed by atoms with Gasteiger partial charge in [-0.25, -0.2) is 0 Å². The molecule has 2 nitrogen and oxygen atoms in total. The van der Waals surface area contributed by atoms with E-state index >= 15 is 0 Å². The van der Waals surface area contributed by atoms with E-state index in [1.807, 2.05) is 24.3 Å². The number of hydrogen-bond donors (Lipinski definition) is 2. The minimum atomic E-state index is 0.0628. The third kappa shape index (κ3) is 3.95. The normalized spacial score (nSPS) is 11.6. The summed E-state index contributed by atoms with van der Waals surface area (Å²) in [6.45, 7) is 10.9. The van der Waals surface area contributed by atoms with Crippen LogP contribution in [0.2, 0.25) is 0 Å². The molecular weight excluding hydrogens is 414 g/mol. The summed E-state index contributed by atoms with van der Waals surface area (Å²) in [7, 11) is 0. The molecule has 0 saturated heterocycles. The molecule has 4 aromatic carbocycles. The lowest BCUT2D eigenvalue weighted by Crippen LogP contribution is -2.10. The van der Waals surface area contributed by atoms with E-state index in [4.69, 9.17) is 0 Å². The molecule has 0 aliphatic heterocycles. The molecule has 2 N–H and O–H groups in total. The second-order valence-corrected chi connectivity index (χ2v) is 10.2. The molecule has 0 radical (unpaired) electrons. The average molecular weight is 444 g/mol. The zero-order valence-corrected chi connectivity index (χ0v) is 20.4. The standard InChI is InChI=1S/C32H29NO/c1-20-16-21(2)28-19-30(33-29(28)17-20)26-9-7-6-8-22(26)10-13-27-25-14-12-24(32(3,4)5)18-23(25)11-15-31(27)34/h6-9,11-12,14-19,33-34H,1-5H3. The van der Waals surface area contributed by atoms with E-state index in [0.29, 0.717) is 5.56 Å². The van der Waals surface area contributed by atoms with Gasteiger partial charge < -0.3 is 10.1 Å². The first kappa shape index (κ1) is 21.9. The molecule has 1 aromatic heterocycles. The van der Waals surface area contributed by atoms with Crippen molar-refractivity contribution in [2.75, 3.05) is 0 Å². The Kier molecular flexibility index (Phi) is 5.22. The van der Waals surface area contributed by atoms with Crippen LogP contribution in [0.5, 0.6) is 5.75 Å². The number of hydrogen-bond acceptors (Lipinski definition) is 1. The van der Waals surface area contributed by atoms with Crippen LogP contribution in [0, 0.1) is 25.7 Å². The van der Waals surface area contributed by atoms with Crippen LogP contribution in [0.1, 0.15) is 48.6 Å². The number of fused-ring (bicyclic) bond motifs is 2. The molecule has 0 unspecified atom stereocenters. The first-order chi connectivity index (χ1) is 16.2. The van der Waals surface area contributed by atoms with Gasteiger partial charge in [-0.05, 0) is 65.6 Å². The Morgan fingerprint density at radius 3 is 2.38 bits per heavy atom. The number of nitrogens with one attached hydrogen (secondary N) is 1. The molecule has 0 aliphatic rings. The second kappa shape index (κ2) is 8.12. The maximum absolute atomic E-state index is 10.6. The fourth-order valence-corrected chi connectivity index (χ4v) is 4.62. The zero-order chi connectivity index (χ0) is 24.0. The van der Waals surface area contributed by atoms with E-state index in [9.17, 15) is 5.11 Å². The fourth-order valence-electron chi connectivity index (χ4n) is 4.62. The maximum Gasteiger partial charge on any atom is 0.131 e. The lowest BCUT2D eigenvalue weighted by molar-refractivity contribution is 0.474. The Morgan fingerprint density at radius 1 is 0.794 bits per heavy atom. The highest BCUT2D eigenvalue weighted by Gasteiger charge is 2.15. The van der Waals surface area contributed by atoms with E-state index in [0.717, 1.165) is 33.1 Å². The van der Waals surface area contributed by atoms with Gasteiger partial charge in [-0.1, -0.05) is 81.1 Å². The minimum Gasteiger partial charge on any atom is -0.507 e. The molecular formula is C32H29NO. The maximum atomic E-state index is 10.6. The Labute approximate surface area is 201 Å². The average Bonchev–Trinajstić information content (AvgIpc) is 3.22. The Hall–Kier alpha value is -3.96. The minimum absolute atomic E-state index is 0.0628. The number of aromatic amines is 1. The number of benzene rings is 4. The number of aromatic hydroxyl groups is 1. The lowest BCUT2D eigenvalue weighted by Gasteiger charge is -2.19. The quantitative estimate of drug-likeness (QED) is 0.253. The largest absolute Gasteiger partial charge is 0.507 e. The van der Waals surface area contributed by atoms with Crippen LogP contribution in [-0.4, -0.2) is 10.1 Å². The Bertz CT molecular complexity index is 1620. The Balaban J connectivity index is 1.62. The summed E-state index contributed by atoms with van der Waals surface area (Å²) < 4.78 is 0. The first-order valence-electron chi connectivity index (χ1n) is 11.7. The van der Waals surface area contributed by atoms with Crippen LogP contribution in [0.15, 0.2) is 72.8 Å². The van der Waals surface area contributed by atoms with Crippen LogP contribution < -0.4 is 0 Å². The number of aromatic nitrogens is 1. The smallest absolute Gasteiger partial charge is 0.131 e. The van der Waals surface area contributed by atoms with Gasteiger partial charge in [0.2, 0.25) is 0 Å². The highest BCUT2D eigenvalue weighted by Crippen LogP contribution is 2.32. The summed E-state index contributed by atoms with van der Waals surface area (Å²) in [4.78, 5) is 3.58. The molecule has 1 heterocycles. The number of phenols is 1. The molecule has 0 amide bonds. The molecule has 5 rings (SSSR count). The number of phenolic OH excluding ortho intramolecular Hbond substituents is 1. The predicted octanol–water partition coefficient (Wildman–Crippen LogP) is 8.01. The number of rotatable bonds is 1. The van der Waals surface area contributed by atoms with Crippen molar-refractivity contribution in [3.8, 4) is 28.8 Å². The summed E-state index contributed by atoms with van der Waals surface area (Å²) in [5, 5.41) is 13.9. The van der Waals surface area contributed by atoms with Crippen molar-refractivity contribution in [1.82, 2.24) is 4.98 Å². The zero-order valence-electron chi connectivity index (χ0n) is 20.4. The van der Waals surface area contributed by atoms with Crippen molar-refractivity contribution in [1.29, 1.82) is 0 Å². The summed E-state index contributed by atoms with van der Waals surface area (Å²) in [6, 6.07) is 24.9. The van der Waals surface area contributed by atoms with Crippen molar-refractivity contribution < 1.29 is 5.11 Å². The SMILES string of the molecule is Cc1cc(C)c2cc(-c3ccccc3C#Cc3c(O)ccc4cc(C(C)(C)C)ccc34)[nH]c2c1. The highest BCUT2D eigenvalue weighted by atomic mass is 16.3. The van der Waals surface area contributed by atoms with Crippen LogP contribution >= 0.6 is 0 Å². The third-order valence-corrected chi connectivity index (χ3v) is 6.49. The van der Waals surface area contributed by atoms with Gasteiger partial charge in [-0.3, -0.25) is 0 Å². The van der Waals surface area contributed by atoms with Crippen molar-refractivity contribution in [2.45, 2.75) is 40.0 Å². The molecule has 0 bridgehead atoms. The molecule has 5 aromatic rings. The van der Waals surface area contributed by atoms with E-state index in [1.165, 1.54) is 22.1 Å². The van der Waals surface area contributed by atoms with Crippen LogP contribution in [-0.2, 0) is 5.41 Å². The second-order valence-electron chi connectivity index (χ2n) is 10.2. The van der Waals surface area contributed by atoms with Gasteiger partial charge in [-0.15, -0.1) is 0 Å². The molecule has 0 spiro atoms. The van der Waals surface area contributed by atoms with E-state index in [-0.39, 0.29) is 11.2 Å². The third-order valence-electron chi connectivity index (χ3n) is 6.49. The molecule has 0 atom stereocenters. The van der Waals surface area contributed by atoms with Gasteiger partial charge in [-0.2, -0.15) is 0 Å². The number of aryl methyl sites for hydroxylation is 2. The molecule has 0 saturated carbocycles. The molecule has 34 heavy (non-hydrogen) atoms. The summed E-state index contributed by atoms with van der Waals surface area (Å²) in [5.74, 6) is 6.83. The first-order valence-corrected chi connectivity index (χ1v) is 11.7. The highest BCUT2D eigenvalue weighted by molar-refractivity contribution is 5.92. The van der Waals surface area contributed by atoms with Crippen LogP contribution in [0.25, 0.3) is 32.9 Å². The van der Waals surface area contributed by atoms with E-state index in [1.54, 1.807) is 6.07 Å². The predicted molar refractivity (Wildman–Crippen MR) is 144 cm³/mol. The topological polar surface area (TPSA) is 36.0 Å². The van der Waals surface area contributed by atoms with Gasteiger partial charge in [0.05, 0.1) is 5.56 Å². The lowest BCUT2D eigenvalue weighted by atomic mass is 9.85. The van der Waals surface area contributed by atoms with Crippen molar-refractivity contribution >= 4 is 21.7 Å². The molecule has 0 fully saturated rings. The van der Waals surface area contributed by atoms with E-state index in [2.05, 4.69) is 93.9 Å². The molecule has 168 valence electrons. The molecule has 0 aliphatic carbocycles. The van der Waals surface area contributed by atoms with E-state index < -0.39 is 0 Å². The van der Waals surface area contributed by atoms with Gasteiger partial charge in [0.25, 0.3) is 0 Å². The summed E-state index contributed by atoms with van der Waals surface area (Å²) >= 11 is 0. The van der Waals surface area contributed by atoms with Gasteiger partial charge in [0, 0.05) is 33.1 Å². The van der Waals surface area contributed by atoms with Crippen molar-refractivity contribution in [3.05, 3.63) is 101 Å².